The molecule has 1 heterocycles. The molecule has 1 aliphatic heterocycles. The monoisotopic (exact) mass is 1390 g/mol. The number of likely N-dealkylation sites (tertiary alicyclic amines) is 1. The van der Waals surface area contributed by atoms with Crippen LogP contribution in [0.3, 0.4) is 0 Å². The van der Waals surface area contributed by atoms with Crippen LogP contribution in [0, 0.1) is 17.8 Å². The van der Waals surface area contributed by atoms with Crippen molar-refractivity contribution in [3.05, 3.63) is 12.2 Å². The maximum atomic E-state index is 14.6. The van der Waals surface area contributed by atoms with Crippen LogP contribution in [0.1, 0.15) is 232 Å². The Balaban J connectivity index is 3.53. The molecule has 30 nitrogen and oxygen atoms in total. The largest absolute Gasteiger partial charge is 0.394 e. The van der Waals surface area contributed by atoms with Crippen molar-refractivity contribution in [2.45, 2.75) is 303 Å². The topological polar surface area (TPSA) is 481 Å². The van der Waals surface area contributed by atoms with Gasteiger partial charge in [0, 0.05) is 32.2 Å². The van der Waals surface area contributed by atoms with Gasteiger partial charge in [0.25, 0.3) is 0 Å². The minimum atomic E-state index is -1.95. The van der Waals surface area contributed by atoms with E-state index < -0.39 is 179 Å². The molecule has 0 unspecified atom stereocenters. The summed E-state index contributed by atoms with van der Waals surface area (Å²) in [6.07, 6.45) is 7.71. The van der Waals surface area contributed by atoms with Crippen molar-refractivity contribution in [1.82, 2.24) is 58.1 Å². The van der Waals surface area contributed by atoms with E-state index in [1.807, 2.05) is 27.7 Å². The van der Waals surface area contributed by atoms with Crippen molar-refractivity contribution in [2.75, 3.05) is 13.2 Å². The zero-order valence-corrected chi connectivity index (χ0v) is 60.9. The van der Waals surface area contributed by atoms with Crippen molar-refractivity contribution in [3.8, 4) is 0 Å². The lowest BCUT2D eigenvalue weighted by Crippen LogP contribution is -2.66. The molecule has 30 heteroatoms. The standard InChI is InChI=1S/C68H120N14O16/c1-16-19-21-22-23-24-25-29-52(87)78-67(13,14)64(98)82-36-26-28-48(82)59(93)77-53(54(88)42(8)27-20-17-2)60(94)80-68(15,18-3)63(97)76-45(31-34-50(70)85)55(89)73-46(32-35-51(71)86)58(92)79-66(11,12)62(96)81-65(9,10)61(95)75-44(30-33-49(69)84)56(90)74-47(38-41(6)7)57(91)72-43(39-83)37-40(4)5/h17,20,40-48,53-54,83,88H,16,18-19,21-39H2,1-15H3,(H2,69,84)(H2,70,85)(H2,71,86)(H,72,91)(H,73,89)(H,74,90)(H,75,95)(H,76,97)(H,77,93)(H,78,87)(H,79,92)(H,80,94)(H,81,96)/b20-17+/t42-,43+,44+,45+,46+,47+,48+,53+,54-,68-/m1/s1. The van der Waals surface area contributed by atoms with Gasteiger partial charge in [0.2, 0.25) is 82.7 Å². The van der Waals surface area contributed by atoms with E-state index in [1.54, 1.807) is 39.8 Å². The van der Waals surface area contributed by atoms with Crippen LogP contribution in [0.2, 0.25) is 0 Å². The number of carbonyl (C=O) groups is 14. The lowest BCUT2D eigenvalue weighted by molar-refractivity contribution is -0.146. The highest BCUT2D eigenvalue weighted by atomic mass is 16.3. The maximum Gasteiger partial charge on any atom is 0.248 e. The fourth-order valence-electron chi connectivity index (χ4n) is 10.9. The van der Waals surface area contributed by atoms with Crippen LogP contribution >= 0.6 is 0 Å². The summed E-state index contributed by atoms with van der Waals surface area (Å²) in [6.45, 7) is 23.7. The van der Waals surface area contributed by atoms with Crippen molar-refractivity contribution in [2.24, 2.45) is 35.0 Å². The molecule has 1 saturated heterocycles. The summed E-state index contributed by atoms with van der Waals surface area (Å²) >= 11 is 0. The summed E-state index contributed by atoms with van der Waals surface area (Å²) in [7, 11) is 0. The van der Waals surface area contributed by atoms with Gasteiger partial charge in [-0.05, 0) is 137 Å². The molecular weight excluding hydrogens is 1270 g/mol. The summed E-state index contributed by atoms with van der Waals surface area (Å²) in [4.78, 5) is 193. The highest BCUT2D eigenvalue weighted by molar-refractivity contribution is 6.01. The first-order valence-corrected chi connectivity index (χ1v) is 34.7. The van der Waals surface area contributed by atoms with Crippen molar-refractivity contribution in [1.29, 1.82) is 0 Å². The Bertz CT molecular complexity index is 2760. The quantitative estimate of drug-likeness (QED) is 0.0297. The minimum absolute atomic E-state index is 0.113. The Morgan fingerprint density at radius 2 is 1.01 bits per heavy atom. The van der Waals surface area contributed by atoms with Crippen LogP contribution in [0.4, 0.5) is 0 Å². The number of unbranched alkanes of at least 4 members (excludes halogenated alkanes) is 6. The van der Waals surface area contributed by atoms with E-state index in [0.717, 1.165) is 38.5 Å². The van der Waals surface area contributed by atoms with Crippen molar-refractivity contribution >= 4 is 82.7 Å². The molecule has 14 amide bonds. The zero-order valence-electron chi connectivity index (χ0n) is 60.9. The minimum Gasteiger partial charge on any atom is -0.394 e. The van der Waals surface area contributed by atoms with E-state index in [1.165, 1.54) is 46.4 Å². The number of hydrogen-bond acceptors (Lipinski definition) is 16. The highest BCUT2D eigenvalue weighted by Crippen LogP contribution is 2.25. The van der Waals surface area contributed by atoms with Crippen LogP contribution < -0.4 is 70.4 Å². The normalized spacial score (nSPS) is 16.5. The van der Waals surface area contributed by atoms with Gasteiger partial charge in [0.15, 0.2) is 0 Å². The number of allylic oxidation sites excluding steroid dienone is 2. The average molecular weight is 1390 g/mol. The first-order chi connectivity index (χ1) is 45.5. The van der Waals surface area contributed by atoms with Gasteiger partial charge in [-0.25, -0.2) is 0 Å². The fourth-order valence-corrected chi connectivity index (χ4v) is 10.9. The summed E-state index contributed by atoms with van der Waals surface area (Å²) in [5, 5.41) is 47.7. The summed E-state index contributed by atoms with van der Waals surface area (Å²) in [5.41, 5.74) is 9.21. The molecule has 0 aromatic rings. The highest BCUT2D eigenvalue weighted by Gasteiger charge is 2.46. The number of primary amides is 3. The van der Waals surface area contributed by atoms with Gasteiger partial charge in [-0.15, -0.1) is 0 Å². The van der Waals surface area contributed by atoms with E-state index in [4.69, 9.17) is 17.2 Å². The van der Waals surface area contributed by atoms with Crippen molar-refractivity contribution in [3.63, 3.8) is 0 Å². The molecule has 18 N–H and O–H groups in total. The molecule has 98 heavy (non-hydrogen) atoms. The Hall–Kier alpha value is -7.76. The Kier molecular flexibility index (Phi) is 38.0. The van der Waals surface area contributed by atoms with Gasteiger partial charge in [-0.2, -0.15) is 0 Å². The molecule has 1 rings (SSSR count). The molecule has 0 saturated carbocycles. The van der Waals surface area contributed by atoms with E-state index >= 15 is 0 Å². The van der Waals surface area contributed by atoms with Crippen LogP contribution in [0.5, 0.6) is 0 Å². The van der Waals surface area contributed by atoms with Gasteiger partial charge < -0.3 is 85.5 Å². The number of aliphatic hydroxyl groups is 2. The SMILES string of the molecule is C/C=C/C[C@@H](C)[C@@H](O)[C@H](NC(=O)[C@@H]1CCCN1C(=O)C(C)(C)NC(=O)CCCCCCCCC)C(=O)N[C@](C)(CC)C(=O)N[C@@H](CCC(N)=O)C(=O)N[C@@H](CCC(N)=O)C(=O)NC(C)(C)C(=O)NC(C)(C)C(=O)N[C@@H](CCC(N)=O)C(=O)N[C@@H](CC(C)C)C(=O)N[C@H](CO)CC(C)C. The fraction of sp³-hybridized carbons (Fsp3) is 0.765. The second kappa shape index (κ2) is 42.3. The molecule has 10 atom stereocenters. The molecule has 1 fully saturated rings. The summed E-state index contributed by atoms with van der Waals surface area (Å²) in [5.74, 6) is -12.5. The third-order valence-corrected chi connectivity index (χ3v) is 17.2. The number of rotatable bonds is 47. The Labute approximate surface area is 579 Å². The lowest BCUT2D eigenvalue weighted by Gasteiger charge is -2.36. The maximum absolute atomic E-state index is 14.6. The zero-order chi connectivity index (χ0) is 75.1. The number of amides is 14. The Morgan fingerprint density at radius 3 is 1.50 bits per heavy atom. The smallest absolute Gasteiger partial charge is 0.248 e. The second-order valence-electron chi connectivity index (χ2n) is 28.7. The average Bonchev–Trinajstić information content (AvgIpc) is 1.40. The van der Waals surface area contributed by atoms with Gasteiger partial charge >= 0.3 is 0 Å². The Morgan fingerprint density at radius 1 is 0.531 bits per heavy atom. The van der Waals surface area contributed by atoms with Crippen molar-refractivity contribution < 1.29 is 77.3 Å². The molecule has 0 bridgehead atoms. The number of nitrogens with zero attached hydrogens (tertiary/aromatic N) is 1. The first kappa shape index (κ1) is 88.3. The predicted molar refractivity (Wildman–Crippen MR) is 368 cm³/mol. The van der Waals surface area contributed by atoms with Gasteiger partial charge in [-0.3, -0.25) is 67.1 Å². The van der Waals surface area contributed by atoms with Crippen LogP contribution in [0.15, 0.2) is 12.2 Å². The third kappa shape index (κ3) is 31.0. The summed E-state index contributed by atoms with van der Waals surface area (Å²) < 4.78 is 0. The molecule has 0 radical (unpaired) electrons. The first-order valence-electron chi connectivity index (χ1n) is 34.7. The number of carbonyl (C=O) groups excluding carboxylic acids is 14. The molecule has 558 valence electrons. The van der Waals surface area contributed by atoms with Gasteiger partial charge in [-0.1, -0.05) is 99.1 Å². The van der Waals surface area contributed by atoms with E-state index in [0.29, 0.717) is 19.3 Å². The van der Waals surface area contributed by atoms with E-state index in [2.05, 4.69) is 60.1 Å². The van der Waals surface area contributed by atoms with E-state index in [9.17, 15) is 77.3 Å². The predicted octanol–water partition coefficient (Wildman–Crippen LogP) is 0.840. The molecular formula is C68H120N14O16. The van der Waals surface area contributed by atoms with E-state index in [-0.39, 0.29) is 75.8 Å². The number of hydrogen-bond donors (Lipinski definition) is 15. The summed E-state index contributed by atoms with van der Waals surface area (Å²) in [6, 6.07) is -9.45. The molecule has 0 spiro atoms. The van der Waals surface area contributed by atoms with Crippen LogP contribution in [-0.2, 0) is 67.1 Å². The number of nitrogens with one attached hydrogen (secondary N) is 10. The van der Waals surface area contributed by atoms with Crippen LogP contribution in [-0.4, -0.2) is 182 Å². The van der Waals surface area contributed by atoms with Gasteiger partial charge in [0.1, 0.15) is 58.4 Å². The van der Waals surface area contributed by atoms with Crippen LogP contribution in [0.25, 0.3) is 0 Å². The molecule has 0 aliphatic carbocycles. The molecule has 1 aliphatic rings. The lowest BCUT2D eigenvalue weighted by atomic mass is 9.91. The molecule has 0 aromatic heterocycles. The second-order valence-corrected chi connectivity index (χ2v) is 28.7. The third-order valence-electron chi connectivity index (χ3n) is 17.2. The number of aliphatic hydroxyl groups excluding tert-OH is 2. The number of nitrogens with two attached hydrogens (primary N) is 3. The van der Waals surface area contributed by atoms with Gasteiger partial charge in [0.05, 0.1) is 18.8 Å². The molecule has 0 aromatic carbocycles.